The maximum absolute atomic E-state index is 12.1. The van der Waals surface area contributed by atoms with Crippen molar-refractivity contribution in [2.24, 2.45) is 0 Å². The lowest BCUT2D eigenvalue weighted by Gasteiger charge is -2.09. The van der Waals surface area contributed by atoms with Gasteiger partial charge in [-0.1, -0.05) is 48.1 Å². The van der Waals surface area contributed by atoms with E-state index in [0.29, 0.717) is 5.69 Å². The number of nitrogens with zero attached hydrogens (tertiary/aromatic N) is 1. The number of nitrogens with one attached hydrogen (secondary N) is 1. The van der Waals surface area contributed by atoms with Crippen LogP contribution in [-0.4, -0.2) is 13.4 Å². The van der Waals surface area contributed by atoms with Crippen molar-refractivity contribution in [2.45, 2.75) is 17.6 Å². The second kappa shape index (κ2) is 5.26. The molecule has 2 aromatic rings. The molecular weight excluding hydrogens is 292 g/mol. The molecule has 7 heteroatoms. The lowest BCUT2D eigenvalue weighted by Crippen LogP contribution is -2.12. The Kier molecular flexibility index (Phi) is 3.89. The van der Waals surface area contributed by atoms with E-state index in [9.17, 15) is 8.42 Å². The van der Waals surface area contributed by atoms with Crippen LogP contribution in [0.25, 0.3) is 0 Å². The van der Waals surface area contributed by atoms with Crippen molar-refractivity contribution in [3.8, 4) is 0 Å². The highest BCUT2D eigenvalue weighted by Crippen LogP contribution is 2.26. The van der Waals surface area contributed by atoms with Gasteiger partial charge >= 0.3 is 0 Å². The number of rotatable bonds is 4. The molecule has 0 amide bonds. The van der Waals surface area contributed by atoms with Crippen molar-refractivity contribution >= 4 is 38.6 Å². The molecule has 0 saturated carbocycles. The third kappa shape index (κ3) is 2.82. The molecule has 0 atom stereocenters. The van der Waals surface area contributed by atoms with Gasteiger partial charge in [0.25, 0.3) is 10.0 Å². The van der Waals surface area contributed by atoms with E-state index in [4.69, 9.17) is 11.6 Å². The van der Waals surface area contributed by atoms with Gasteiger partial charge in [0.05, 0.1) is 11.9 Å². The van der Waals surface area contributed by atoms with Crippen molar-refractivity contribution in [2.75, 3.05) is 4.72 Å². The minimum Gasteiger partial charge on any atom is -0.279 e. The van der Waals surface area contributed by atoms with Crippen LogP contribution in [0.15, 0.2) is 34.7 Å². The average molecular weight is 303 g/mol. The Balaban J connectivity index is 2.33. The molecule has 0 spiro atoms. The van der Waals surface area contributed by atoms with Gasteiger partial charge in [-0.3, -0.25) is 4.72 Å². The van der Waals surface area contributed by atoms with Crippen LogP contribution in [0.3, 0.4) is 0 Å². The molecule has 1 heterocycles. The smallest absolute Gasteiger partial charge is 0.273 e. The third-order valence-electron chi connectivity index (χ3n) is 2.36. The Morgan fingerprint density at radius 3 is 2.72 bits per heavy atom. The summed E-state index contributed by atoms with van der Waals surface area (Å²) in [4.78, 5) is 3.73. The normalized spacial score (nSPS) is 11.4. The van der Waals surface area contributed by atoms with Gasteiger partial charge in [-0.15, -0.1) is 0 Å². The number of anilines is 1. The van der Waals surface area contributed by atoms with Crippen molar-refractivity contribution in [3.05, 3.63) is 40.5 Å². The zero-order valence-electron chi connectivity index (χ0n) is 9.55. The van der Waals surface area contributed by atoms with Crippen LogP contribution in [0.5, 0.6) is 0 Å². The first kappa shape index (κ1) is 13.3. The molecule has 1 N–H and O–H groups in total. The summed E-state index contributed by atoms with van der Waals surface area (Å²) in [6.07, 6.45) is 2.01. The standard InChI is InChI=1S/C11H11ClN2O2S2/c1-2-8-5-3-4-6-9(8)14-18(15,16)10-7-13-11(12)17-10/h3-7,14H,2H2,1H3. The predicted octanol–water partition coefficient (Wildman–Crippen LogP) is 3.16. The predicted molar refractivity (Wildman–Crippen MR) is 73.8 cm³/mol. The Bertz CT molecular complexity index is 653. The summed E-state index contributed by atoms with van der Waals surface area (Å²) in [7, 11) is -3.60. The van der Waals surface area contributed by atoms with E-state index in [1.807, 2.05) is 19.1 Å². The zero-order valence-corrected chi connectivity index (χ0v) is 11.9. The number of sulfonamides is 1. The van der Waals surface area contributed by atoms with Crippen molar-refractivity contribution in [1.82, 2.24) is 4.98 Å². The van der Waals surface area contributed by atoms with Gasteiger partial charge in [0.2, 0.25) is 0 Å². The highest BCUT2D eigenvalue weighted by molar-refractivity contribution is 7.94. The SMILES string of the molecule is CCc1ccccc1NS(=O)(=O)c1cnc(Cl)s1. The molecule has 0 bridgehead atoms. The fourth-order valence-electron chi connectivity index (χ4n) is 1.49. The molecule has 18 heavy (non-hydrogen) atoms. The maximum Gasteiger partial charge on any atom is 0.273 e. The fourth-order valence-corrected chi connectivity index (χ4v) is 3.88. The molecule has 0 radical (unpaired) electrons. The number of hydrogen-bond acceptors (Lipinski definition) is 4. The molecular formula is C11H11ClN2O2S2. The number of aromatic nitrogens is 1. The van der Waals surface area contributed by atoms with Crippen LogP contribution in [0.4, 0.5) is 5.69 Å². The van der Waals surface area contributed by atoms with E-state index in [-0.39, 0.29) is 8.68 Å². The van der Waals surface area contributed by atoms with E-state index in [1.54, 1.807) is 12.1 Å². The van der Waals surface area contributed by atoms with Gasteiger partial charge in [-0.25, -0.2) is 13.4 Å². The Morgan fingerprint density at radius 1 is 1.39 bits per heavy atom. The first-order valence-electron chi connectivity index (χ1n) is 5.25. The second-order valence-corrected chi connectivity index (χ2v) is 7.07. The number of halogens is 1. The fraction of sp³-hybridized carbons (Fsp3) is 0.182. The van der Waals surface area contributed by atoms with Crippen LogP contribution in [-0.2, 0) is 16.4 Å². The van der Waals surface area contributed by atoms with E-state index in [0.717, 1.165) is 23.3 Å². The summed E-state index contributed by atoms with van der Waals surface area (Å²) in [6, 6.07) is 7.29. The number of aryl methyl sites for hydroxylation is 1. The van der Waals surface area contributed by atoms with Crippen LogP contribution in [0.1, 0.15) is 12.5 Å². The summed E-state index contributed by atoms with van der Waals surface area (Å²) in [6.45, 7) is 1.97. The second-order valence-electron chi connectivity index (χ2n) is 3.55. The van der Waals surface area contributed by atoms with Gasteiger partial charge in [0.1, 0.15) is 0 Å². The van der Waals surface area contributed by atoms with E-state index < -0.39 is 10.0 Å². The van der Waals surface area contributed by atoms with Crippen molar-refractivity contribution in [3.63, 3.8) is 0 Å². The molecule has 2 rings (SSSR count). The molecule has 0 fully saturated rings. The van der Waals surface area contributed by atoms with Crippen molar-refractivity contribution in [1.29, 1.82) is 0 Å². The molecule has 0 unspecified atom stereocenters. The van der Waals surface area contributed by atoms with Crippen molar-refractivity contribution < 1.29 is 8.42 Å². The monoisotopic (exact) mass is 302 g/mol. The van der Waals surface area contributed by atoms with Crippen LogP contribution in [0.2, 0.25) is 4.47 Å². The zero-order chi connectivity index (χ0) is 13.2. The van der Waals surface area contributed by atoms with Gasteiger partial charge < -0.3 is 0 Å². The molecule has 4 nitrogen and oxygen atoms in total. The number of benzene rings is 1. The summed E-state index contributed by atoms with van der Waals surface area (Å²) in [5.41, 5.74) is 1.53. The number of hydrogen-bond donors (Lipinski definition) is 1. The number of para-hydroxylation sites is 1. The van der Waals surface area contributed by atoms with E-state index in [1.165, 1.54) is 6.20 Å². The highest BCUT2D eigenvalue weighted by atomic mass is 35.5. The molecule has 96 valence electrons. The average Bonchev–Trinajstić information content (AvgIpc) is 2.77. The Labute approximate surface area is 115 Å². The van der Waals surface area contributed by atoms with Gasteiger partial charge in [0, 0.05) is 0 Å². The Morgan fingerprint density at radius 2 is 2.11 bits per heavy atom. The lowest BCUT2D eigenvalue weighted by atomic mass is 10.1. The minimum absolute atomic E-state index is 0.110. The summed E-state index contributed by atoms with van der Waals surface area (Å²) < 4.78 is 27.0. The molecule has 1 aromatic carbocycles. The van der Waals surface area contributed by atoms with E-state index in [2.05, 4.69) is 9.71 Å². The highest BCUT2D eigenvalue weighted by Gasteiger charge is 2.18. The van der Waals surface area contributed by atoms with E-state index >= 15 is 0 Å². The van der Waals surface area contributed by atoms with Gasteiger partial charge in [0.15, 0.2) is 8.68 Å². The third-order valence-corrected chi connectivity index (χ3v) is 5.31. The van der Waals surface area contributed by atoms with Crippen LogP contribution >= 0.6 is 22.9 Å². The first-order chi connectivity index (χ1) is 8.53. The molecule has 0 aliphatic heterocycles. The maximum atomic E-state index is 12.1. The summed E-state index contributed by atoms with van der Waals surface area (Å²) in [5.74, 6) is 0. The molecule has 0 aliphatic rings. The van der Waals surface area contributed by atoms with Crippen LogP contribution < -0.4 is 4.72 Å². The minimum atomic E-state index is -3.60. The van der Waals surface area contributed by atoms with Gasteiger partial charge in [-0.05, 0) is 18.1 Å². The summed E-state index contributed by atoms with van der Waals surface area (Å²) in [5, 5.41) is 0. The van der Waals surface area contributed by atoms with Gasteiger partial charge in [-0.2, -0.15) is 0 Å². The lowest BCUT2D eigenvalue weighted by molar-refractivity contribution is 0.603. The first-order valence-corrected chi connectivity index (χ1v) is 7.92. The quantitative estimate of drug-likeness (QED) is 0.944. The molecule has 0 aliphatic carbocycles. The molecule has 0 saturated heterocycles. The van der Waals surface area contributed by atoms with Crippen LogP contribution in [0, 0.1) is 0 Å². The molecule has 1 aromatic heterocycles. The largest absolute Gasteiger partial charge is 0.279 e. The number of thiazole rings is 1. The topological polar surface area (TPSA) is 59.1 Å². The summed E-state index contributed by atoms with van der Waals surface area (Å²) >= 11 is 6.57. The Hall–Kier alpha value is -1.11.